The zero-order valence-corrected chi connectivity index (χ0v) is 28.3. The van der Waals surface area contributed by atoms with Gasteiger partial charge in [-0.15, -0.1) is 11.3 Å². The summed E-state index contributed by atoms with van der Waals surface area (Å²) in [6, 6.07) is 61.9. The van der Waals surface area contributed by atoms with Crippen molar-refractivity contribution < 1.29 is 0 Å². The summed E-state index contributed by atoms with van der Waals surface area (Å²) in [4.78, 5) is 15.5. The fraction of sp³-hybridized carbons (Fsp3) is 0. The van der Waals surface area contributed by atoms with Crippen molar-refractivity contribution in [2.24, 2.45) is 0 Å². The fourth-order valence-corrected chi connectivity index (χ4v) is 8.32. The van der Waals surface area contributed by atoms with Crippen molar-refractivity contribution in [1.82, 2.24) is 15.0 Å². The van der Waals surface area contributed by atoms with Gasteiger partial charge in [0.05, 0.1) is 27.3 Å². The third-order valence-electron chi connectivity index (χ3n) is 9.68. The summed E-state index contributed by atoms with van der Waals surface area (Å²) >= 11 is 1.82. The van der Waals surface area contributed by atoms with E-state index in [0.717, 1.165) is 44.9 Å². The largest absolute Gasteiger partial charge is 0.246 e. The number of fused-ring (bicyclic) bond motifs is 6. The van der Waals surface area contributed by atoms with Crippen molar-refractivity contribution in [2.75, 3.05) is 0 Å². The number of pyridine rings is 1. The van der Waals surface area contributed by atoms with Crippen LogP contribution in [0.1, 0.15) is 0 Å². The van der Waals surface area contributed by atoms with E-state index >= 15 is 0 Å². The lowest BCUT2D eigenvalue weighted by Gasteiger charge is -2.11. The number of nitrogens with zero attached hydrogens (tertiary/aromatic N) is 3. The molecule has 0 aliphatic carbocycles. The SMILES string of the molecule is c1ccc(-c2ccc(-c3cc(-c4ccc(-c5nc6cc7ccccc7cc6c6c5sc5ccccc56)cc4)nc(-c4ccccc4)n3)cc2)cc1. The first-order chi connectivity index (χ1) is 25.2. The van der Waals surface area contributed by atoms with Crippen LogP contribution in [0.4, 0.5) is 0 Å². The molecule has 0 atom stereocenters. The highest BCUT2D eigenvalue weighted by Gasteiger charge is 2.17. The Morgan fingerprint density at radius 3 is 1.59 bits per heavy atom. The van der Waals surface area contributed by atoms with Crippen molar-refractivity contribution in [3.05, 3.63) is 176 Å². The number of hydrogen-bond donors (Lipinski definition) is 0. The Kier molecular flexibility index (Phi) is 7.00. The summed E-state index contributed by atoms with van der Waals surface area (Å²) < 4.78 is 2.48. The highest BCUT2D eigenvalue weighted by atomic mass is 32.1. The van der Waals surface area contributed by atoms with Crippen LogP contribution in [0.25, 0.3) is 98.1 Å². The molecule has 0 aliphatic heterocycles. The molecule has 0 amide bonds. The zero-order valence-electron chi connectivity index (χ0n) is 27.5. The van der Waals surface area contributed by atoms with Gasteiger partial charge in [-0.1, -0.05) is 152 Å². The molecule has 3 nitrogen and oxygen atoms in total. The van der Waals surface area contributed by atoms with Crippen LogP contribution < -0.4 is 0 Å². The minimum absolute atomic E-state index is 0.703. The Bertz CT molecular complexity index is 2880. The molecular weight excluding hydrogens is 639 g/mol. The lowest BCUT2D eigenvalue weighted by atomic mass is 9.99. The molecular formula is C47H29N3S. The number of thiophene rings is 1. The van der Waals surface area contributed by atoms with Gasteiger partial charge < -0.3 is 0 Å². The van der Waals surface area contributed by atoms with Crippen LogP contribution >= 0.6 is 11.3 Å². The quantitative estimate of drug-likeness (QED) is 0.171. The topological polar surface area (TPSA) is 38.7 Å². The van der Waals surface area contributed by atoms with Crippen LogP contribution in [0.5, 0.6) is 0 Å². The molecule has 10 rings (SSSR count). The Morgan fingerprint density at radius 1 is 0.373 bits per heavy atom. The highest BCUT2D eigenvalue weighted by Crippen LogP contribution is 2.43. The van der Waals surface area contributed by atoms with Gasteiger partial charge in [0, 0.05) is 43.1 Å². The van der Waals surface area contributed by atoms with Crippen molar-refractivity contribution in [2.45, 2.75) is 0 Å². The van der Waals surface area contributed by atoms with Gasteiger partial charge in [-0.05, 0) is 46.2 Å². The molecule has 0 radical (unpaired) electrons. The van der Waals surface area contributed by atoms with Gasteiger partial charge >= 0.3 is 0 Å². The van der Waals surface area contributed by atoms with Gasteiger partial charge in [-0.3, -0.25) is 0 Å². The van der Waals surface area contributed by atoms with Crippen LogP contribution in [0.15, 0.2) is 176 Å². The second-order valence-corrected chi connectivity index (χ2v) is 13.9. The Balaban J connectivity index is 1.10. The first-order valence-electron chi connectivity index (χ1n) is 17.1. The standard InChI is InChI=1S/C47H29N3S/c1-3-11-30(12-4-1)31-19-21-32(22-20-31)40-29-41(50-47(49-40)35-13-5-2-6-14-35)33-23-25-34(26-24-33)45-46-44(38-17-9-10-18-43(38)51-46)39-27-36-15-7-8-16-37(36)28-42(39)48-45/h1-29H. The third-order valence-corrected chi connectivity index (χ3v) is 10.9. The van der Waals surface area contributed by atoms with Crippen LogP contribution in [0.3, 0.4) is 0 Å². The van der Waals surface area contributed by atoms with Crippen molar-refractivity contribution in [3.63, 3.8) is 0 Å². The van der Waals surface area contributed by atoms with E-state index in [1.165, 1.54) is 47.5 Å². The third kappa shape index (κ3) is 5.25. The Labute approximate surface area is 299 Å². The summed E-state index contributed by atoms with van der Waals surface area (Å²) in [5, 5.41) is 6.17. The molecule has 0 aliphatic rings. The monoisotopic (exact) mass is 667 g/mol. The minimum atomic E-state index is 0.703. The van der Waals surface area contributed by atoms with Gasteiger partial charge in [-0.25, -0.2) is 15.0 Å². The highest BCUT2D eigenvalue weighted by molar-refractivity contribution is 7.26. The summed E-state index contributed by atoms with van der Waals surface area (Å²) in [7, 11) is 0. The first-order valence-corrected chi connectivity index (χ1v) is 17.9. The van der Waals surface area contributed by atoms with Gasteiger partial charge in [0.1, 0.15) is 0 Å². The average Bonchev–Trinajstić information content (AvgIpc) is 3.61. The van der Waals surface area contributed by atoms with Crippen LogP contribution in [-0.4, -0.2) is 15.0 Å². The second-order valence-electron chi connectivity index (χ2n) is 12.8. The fourth-order valence-electron chi connectivity index (χ4n) is 7.09. The van der Waals surface area contributed by atoms with Gasteiger partial charge in [0.2, 0.25) is 0 Å². The molecule has 0 unspecified atom stereocenters. The molecule has 0 spiro atoms. The molecule has 0 N–H and O–H groups in total. The number of aromatic nitrogens is 3. The summed E-state index contributed by atoms with van der Waals surface area (Å²) in [6.07, 6.45) is 0. The van der Waals surface area contributed by atoms with E-state index in [9.17, 15) is 0 Å². The van der Waals surface area contributed by atoms with Crippen molar-refractivity contribution in [3.8, 4) is 56.3 Å². The predicted molar refractivity (Wildman–Crippen MR) is 215 cm³/mol. The maximum absolute atomic E-state index is 5.34. The minimum Gasteiger partial charge on any atom is -0.246 e. The lowest BCUT2D eigenvalue weighted by Crippen LogP contribution is -1.96. The second kappa shape index (κ2) is 12.1. The summed E-state index contributed by atoms with van der Waals surface area (Å²) in [6.45, 7) is 0. The van der Waals surface area contributed by atoms with E-state index in [4.69, 9.17) is 15.0 Å². The molecule has 0 saturated carbocycles. The predicted octanol–water partition coefficient (Wildman–Crippen LogP) is 12.9. The van der Waals surface area contributed by atoms with E-state index in [1.807, 2.05) is 35.6 Å². The van der Waals surface area contributed by atoms with E-state index in [-0.39, 0.29) is 0 Å². The number of rotatable bonds is 5. The molecule has 10 aromatic rings. The molecule has 3 aromatic heterocycles. The molecule has 7 aromatic carbocycles. The average molecular weight is 668 g/mol. The van der Waals surface area contributed by atoms with Crippen LogP contribution in [-0.2, 0) is 0 Å². The van der Waals surface area contributed by atoms with Crippen LogP contribution in [0, 0.1) is 0 Å². The maximum Gasteiger partial charge on any atom is 0.160 e. The van der Waals surface area contributed by atoms with Gasteiger partial charge in [0.25, 0.3) is 0 Å². The number of hydrogen-bond acceptors (Lipinski definition) is 4. The van der Waals surface area contributed by atoms with Crippen molar-refractivity contribution in [1.29, 1.82) is 0 Å². The molecule has 0 bridgehead atoms. The zero-order chi connectivity index (χ0) is 33.7. The van der Waals surface area contributed by atoms with E-state index in [0.29, 0.717) is 5.82 Å². The van der Waals surface area contributed by atoms with Crippen LogP contribution in [0.2, 0.25) is 0 Å². The Hall–Kier alpha value is -6.49. The first kappa shape index (κ1) is 29.4. The maximum atomic E-state index is 5.34. The summed E-state index contributed by atoms with van der Waals surface area (Å²) in [5.74, 6) is 0.703. The normalized spacial score (nSPS) is 11.5. The molecule has 51 heavy (non-hydrogen) atoms. The molecule has 3 heterocycles. The van der Waals surface area contributed by atoms with E-state index in [2.05, 4.69) is 152 Å². The molecule has 4 heteroatoms. The number of benzene rings is 7. The summed E-state index contributed by atoms with van der Waals surface area (Å²) in [5.41, 5.74) is 10.3. The van der Waals surface area contributed by atoms with Gasteiger partial charge in [-0.2, -0.15) is 0 Å². The Morgan fingerprint density at radius 2 is 0.902 bits per heavy atom. The molecule has 0 fully saturated rings. The van der Waals surface area contributed by atoms with E-state index in [1.54, 1.807) is 0 Å². The lowest BCUT2D eigenvalue weighted by molar-refractivity contribution is 1.18. The van der Waals surface area contributed by atoms with E-state index < -0.39 is 0 Å². The smallest absolute Gasteiger partial charge is 0.160 e. The van der Waals surface area contributed by atoms with Crippen molar-refractivity contribution >= 4 is 53.2 Å². The van der Waals surface area contributed by atoms with Gasteiger partial charge in [0.15, 0.2) is 5.82 Å². The molecule has 238 valence electrons. The molecule has 0 saturated heterocycles.